The number of hydrogen-bond acceptors (Lipinski definition) is 2. The second-order valence-electron chi connectivity index (χ2n) is 5.13. The average molecular weight is 334 g/mol. The largest absolute Gasteiger partial charge is 0.379 e. The molecule has 3 saturated heterocycles. The summed E-state index contributed by atoms with van der Waals surface area (Å²) in [6, 6.07) is 3.23. The molecule has 3 heterocycles. The van der Waals surface area contributed by atoms with Gasteiger partial charge in [-0.05, 0) is 59.9 Å². The quantitative estimate of drug-likeness (QED) is 0.887. The topological polar surface area (TPSA) is 15.3 Å². The van der Waals surface area contributed by atoms with Crippen LogP contribution in [0, 0.1) is 11.7 Å². The van der Waals surface area contributed by atoms with Gasteiger partial charge < -0.3 is 10.2 Å². The Morgan fingerprint density at radius 1 is 1.33 bits per heavy atom. The molecule has 4 rings (SSSR count). The second-order valence-corrected chi connectivity index (χ2v) is 6.39. The molecular formula is C13H15BrClFN2. The third kappa shape index (κ3) is 2.38. The number of hydrogen-bond donors (Lipinski definition) is 1. The van der Waals surface area contributed by atoms with Crippen LogP contribution in [0.2, 0.25) is 5.02 Å². The Morgan fingerprint density at radius 2 is 2.06 bits per heavy atom. The Labute approximate surface area is 120 Å². The van der Waals surface area contributed by atoms with E-state index in [1.165, 1.54) is 38.1 Å². The van der Waals surface area contributed by atoms with Crippen LogP contribution in [0.3, 0.4) is 0 Å². The molecule has 1 atom stereocenters. The summed E-state index contributed by atoms with van der Waals surface area (Å²) in [7, 11) is 0. The summed E-state index contributed by atoms with van der Waals surface area (Å²) in [4.78, 5) is 2.48. The maximum absolute atomic E-state index is 13.2. The van der Waals surface area contributed by atoms with Crippen LogP contribution in [0.1, 0.15) is 12.8 Å². The molecule has 1 unspecified atom stereocenters. The number of nitrogens with one attached hydrogen (secondary N) is 1. The zero-order valence-electron chi connectivity index (χ0n) is 9.93. The van der Waals surface area contributed by atoms with E-state index in [1.807, 2.05) is 0 Å². The van der Waals surface area contributed by atoms with Crippen LogP contribution in [-0.4, -0.2) is 30.6 Å². The molecule has 1 N–H and O–H groups in total. The third-order valence-electron chi connectivity index (χ3n) is 3.99. The van der Waals surface area contributed by atoms with E-state index in [9.17, 15) is 4.39 Å². The lowest BCUT2D eigenvalue weighted by Crippen LogP contribution is -2.53. The summed E-state index contributed by atoms with van der Waals surface area (Å²) in [5, 5.41) is 3.93. The number of piperidine rings is 3. The fourth-order valence-corrected chi connectivity index (χ4v) is 3.92. The van der Waals surface area contributed by atoms with Gasteiger partial charge in [-0.15, -0.1) is 0 Å². The molecule has 3 aliphatic heterocycles. The number of fused-ring (bicyclic) bond motifs is 3. The Hall–Kier alpha value is -0.320. The van der Waals surface area contributed by atoms with Crippen LogP contribution in [0.5, 0.6) is 0 Å². The molecule has 5 heteroatoms. The molecule has 2 bridgehead atoms. The van der Waals surface area contributed by atoms with Crippen molar-refractivity contribution in [2.24, 2.45) is 5.92 Å². The average Bonchev–Trinajstić information content (AvgIpc) is 2.35. The number of halogens is 3. The summed E-state index contributed by atoms with van der Waals surface area (Å²) in [5.41, 5.74) is 0.816. The molecule has 0 saturated carbocycles. The summed E-state index contributed by atoms with van der Waals surface area (Å²) in [6.45, 7) is 3.48. The van der Waals surface area contributed by atoms with Crippen LogP contribution in [-0.2, 0) is 0 Å². The SMILES string of the molecule is Fc1cc(Cl)c(NC2CN3CCC2CC3)c(Br)c1. The van der Waals surface area contributed by atoms with Crippen molar-refractivity contribution in [3.05, 3.63) is 27.4 Å². The van der Waals surface area contributed by atoms with Crippen LogP contribution < -0.4 is 5.32 Å². The molecule has 0 spiro atoms. The predicted molar refractivity (Wildman–Crippen MR) is 75.7 cm³/mol. The highest BCUT2D eigenvalue weighted by Gasteiger charge is 2.34. The normalized spacial score (nSPS) is 30.5. The van der Waals surface area contributed by atoms with Crippen molar-refractivity contribution < 1.29 is 4.39 Å². The Kier molecular flexibility index (Phi) is 3.52. The molecule has 0 amide bonds. The minimum atomic E-state index is -0.314. The number of benzene rings is 1. The van der Waals surface area contributed by atoms with E-state index in [0.717, 1.165) is 12.2 Å². The van der Waals surface area contributed by atoms with Crippen molar-refractivity contribution in [2.75, 3.05) is 25.0 Å². The van der Waals surface area contributed by atoms with Crippen molar-refractivity contribution in [3.63, 3.8) is 0 Å². The first-order valence-electron chi connectivity index (χ1n) is 6.27. The first-order valence-corrected chi connectivity index (χ1v) is 7.44. The standard InChI is InChI=1S/C13H15BrClFN2/c14-10-5-9(16)6-11(15)13(10)17-12-7-18-3-1-8(12)2-4-18/h5-6,8,12,17H,1-4,7H2. The minimum absolute atomic E-state index is 0.314. The Balaban J connectivity index is 1.81. The fourth-order valence-electron chi connectivity index (χ4n) is 2.99. The molecule has 2 nitrogen and oxygen atoms in total. The van der Waals surface area contributed by atoms with Gasteiger partial charge in [0.15, 0.2) is 0 Å². The van der Waals surface area contributed by atoms with Gasteiger partial charge in [0.25, 0.3) is 0 Å². The minimum Gasteiger partial charge on any atom is -0.379 e. The molecule has 1 aromatic carbocycles. The highest BCUT2D eigenvalue weighted by molar-refractivity contribution is 9.10. The van der Waals surface area contributed by atoms with E-state index in [4.69, 9.17) is 11.6 Å². The van der Waals surface area contributed by atoms with Crippen LogP contribution in [0.15, 0.2) is 16.6 Å². The summed E-state index contributed by atoms with van der Waals surface area (Å²) >= 11 is 9.49. The van der Waals surface area contributed by atoms with Crippen LogP contribution in [0.4, 0.5) is 10.1 Å². The van der Waals surface area contributed by atoms with E-state index in [0.29, 0.717) is 21.5 Å². The molecule has 3 fully saturated rings. The molecular weight excluding hydrogens is 319 g/mol. The monoisotopic (exact) mass is 332 g/mol. The van der Waals surface area contributed by atoms with E-state index in [1.54, 1.807) is 0 Å². The summed E-state index contributed by atoms with van der Waals surface area (Å²) in [5.74, 6) is 0.398. The zero-order chi connectivity index (χ0) is 12.7. The first kappa shape index (κ1) is 12.7. The highest BCUT2D eigenvalue weighted by Crippen LogP contribution is 2.36. The highest BCUT2D eigenvalue weighted by atomic mass is 79.9. The third-order valence-corrected chi connectivity index (χ3v) is 4.92. The summed E-state index contributed by atoms with van der Waals surface area (Å²) in [6.07, 6.45) is 2.49. The second kappa shape index (κ2) is 4.99. The fraction of sp³-hybridized carbons (Fsp3) is 0.538. The molecule has 0 radical (unpaired) electrons. The zero-order valence-corrected chi connectivity index (χ0v) is 12.3. The maximum Gasteiger partial charge on any atom is 0.125 e. The van der Waals surface area contributed by atoms with Crippen molar-refractivity contribution in [3.8, 4) is 0 Å². The predicted octanol–water partition coefficient (Wildman–Crippen LogP) is 3.75. The van der Waals surface area contributed by atoms with Gasteiger partial charge in [0, 0.05) is 17.1 Å². The number of rotatable bonds is 2. The lowest BCUT2D eigenvalue weighted by Gasteiger charge is -2.45. The summed E-state index contributed by atoms with van der Waals surface area (Å²) < 4.78 is 13.9. The number of nitrogens with zero attached hydrogens (tertiary/aromatic N) is 1. The maximum atomic E-state index is 13.2. The van der Waals surface area contributed by atoms with Gasteiger partial charge in [-0.25, -0.2) is 4.39 Å². The Morgan fingerprint density at radius 3 is 2.61 bits per heavy atom. The van der Waals surface area contributed by atoms with Gasteiger partial charge >= 0.3 is 0 Å². The van der Waals surface area contributed by atoms with E-state index < -0.39 is 0 Å². The van der Waals surface area contributed by atoms with Crippen LogP contribution >= 0.6 is 27.5 Å². The van der Waals surface area contributed by atoms with Crippen molar-refractivity contribution in [1.82, 2.24) is 4.90 Å². The molecule has 0 aliphatic carbocycles. The lowest BCUT2D eigenvalue weighted by atomic mass is 9.84. The molecule has 0 aromatic heterocycles. The molecule has 1 aromatic rings. The number of anilines is 1. The van der Waals surface area contributed by atoms with Gasteiger partial charge in [0.1, 0.15) is 5.82 Å². The van der Waals surface area contributed by atoms with Crippen molar-refractivity contribution >= 4 is 33.2 Å². The molecule has 18 heavy (non-hydrogen) atoms. The van der Waals surface area contributed by atoms with Crippen molar-refractivity contribution in [1.29, 1.82) is 0 Å². The lowest BCUT2D eigenvalue weighted by molar-refractivity contribution is 0.0975. The van der Waals surface area contributed by atoms with E-state index >= 15 is 0 Å². The van der Waals surface area contributed by atoms with Gasteiger partial charge in [-0.1, -0.05) is 11.6 Å². The van der Waals surface area contributed by atoms with Crippen molar-refractivity contribution in [2.45, 2.75) is 18.9 Å². The van der Waals surface area contributed by atoms with E-state index in [2.05, 4.69) is 26.1 Å². The Bertz CT molecular complexity index is 437. The molecule has 3 aliphatic rings. The molecule has 98 valence electrons. The van der Waals surface area contributed by atoms with E-state index in [-0.39, 0.29) is 5.82 Å². The van der Waals surface area contributed by atoms with Crippen LogP contribution in [0.25, 0.3) is 0 Å². The van der Waals surface area contributed by atoms with Gasteiger partial charge in [0.05, 0.1) is 10.7 Å². The van der Waals surface area contributed by atoms with Gasteiger partial charge in [-0.2, -0.15) is 0 Å². The van der Waals surface area contributed by atoms with Gasteiger partial charge in [0.2, 0.25) is 0 Å². The van der Waals surface area contributed by atoms with Gasteiger partial charge in [-0.3, -0.25) is 0 Å². The smallest absolute Gasteiger partial charge is 0.125 e. The first-order chi connectivity index (χ1) is 8.63.